The van der Waals surface area contributed by atoms with Gasteiger partial charge in [0.05, 0.1) is 0 Å². The Morgan fingerprint density at radius 3 is 2.83 bits per heavy atom. The van der Waals surface area contributed by atoms with Gasteiger partial charge in [0.15, 0.2) is 0 Å². The molecule has 3 heteroatoms. The van der Waals surface area contributed by atoms with Crippen LogP contribution in [-0.2, 0) is 0 Å². The van der Waals surface area contributed by atoms with E-state index in [9.17, 15) is 5.11 Å². The second-order valence-electron chi connectivity index (χ2n) is 2.46. The molecule has 0 saturated heterocycles. The van der Waals surface area contributed by atoms with Gasteiger partial charge in [-0.1, -0.05) is 18.5 Å². The largest absolute Gasteiger partial charge is 0.507 e. The number of hydrogen-bond donors (Lipinski definition) is 1. The van der Waals surface area contributed by atoms with Crippen LogP contribution in [0.4, 0.5) is 0 Å². The SMILES string of the molecule is CCCSc1ccc(Cl)cc1O. The van der Waals surface area contributed by atoms with Gasteiger partial charge in [-0.15, -0.1) is 11.8 Å². The van der Waals surface area contributed by atoms with Gasteiger partial charge in [0, 0.05) is 9.92 Å². The molecule has 1 N–H and O–H groups in total. The van der Waals surface area contributed by atoms with Crippen LogP contribution in [-0.4, -0.2) is 10.9 Å². The fourth-order valence-corrected chi connectivity index (χ4v) is 1.79. The molecule has 0 heterocycles. The third-order valence-electron chi connectivity index (χ3n) is 1.38. The van der Waals surface area contributed by atoms with Gasteiger partial charge >= 0.3 is 0 Å². The lowest BCUT2D eigenvalue weighted by molar-refractivity contribution is 0.462. The fraction of sp³-hybridized carbons (Fsp3) is 0.333. The van der Waals surface area contributed by atoms with Crippen molar-refractivity contribution in [2.45, 2.75) is 18.2 Å². The molecule has 1 aromatic rings. The van der Waals surface area contributed by atoms with Gasteiger partial charge in [-0.25, -0.2) is 0 Å². The topological polar surface area (TPSA) is 20.2 Å². The number of benzene rings is 1. The number of thioether (sulfide) groups is 1. The van der Waals surface area contributed by atoms with E-state index < -0.39 is 0 Å². The van der Waals surface area contributed by atoms with Crippen molar-refractivity contribution in [3.8, 4) is 5.75 Å². The van der Waals surface area contributed by atoms with E-state index in [2.05, 4.69) is 6.92 Å². The molecule has 1 nitrogen and oxygen atoms in total. The van der Waals surface area contributed by atoms with Crippen LogP contribution in [0.1, 0.15) is 13.3 Å². The molecule has 12 heavy (non-hydrogen) atoms. The summed E-state index contributed by atoms with van der Waals surface area (Å²) >= 11 is 7.33. The van der Waals surface area contributed by atoms with Crippen LogP contribution in [0.15, 0.2) is 23.1 Å². The molecule has 0 aliphatic rings. The highest BCUT2D eigenvalue weighted by Crippen LogP contribution is 2.30. The summed E-state index contributed by atoms with van der Waals surface area (Å²) in [4.78, 5) is 0.904. The van der Waals surface area contributed by atoms with E-state index in [0.717, 1.165) is 17.1 Å². The number of aromatic hydroxyl groups is 1. The van der Waals surface area contributed by atoms with Crippen LogP contribution in [0.2, 0.25) is 5.02 Å². The summed E-state index contributed by atoms with van der Waals surface area (Å²) < 4.78 is 0. The second-order valence-corrected chi connectivity index (χ2v) is 4.03. The van der Waals surface area contributed by atoms with E-state index in [-0.39, 0.29) is 5.75 Å². The number of phenols is 1. The van der Waals surface area contributed by atoms with Gasteiger partial charge in [0.2, 0.25) is 0 Å². The average molecular weight is 203 g/mol. The predicted octanol–water partition coefficient (Wildman–Crippen LogP) is 3.55. The maximum absolute atomic E-state index is 9.41. The zero-order chi connectivity index (χ0) is 8.97. The van der Waals surface area contributed by atoms with Gasteiger partial charge < -0.3 is 5.11 Å². The van der Waals surface area contributed by atoms with E-state index in [1.165, 1.54) is 0 Å². The lowest BCUT2D eigenvalue weighted by atomic mass is 10.3. The molecule has 0 aliphatic heterocycles. The van der Waals surface area contributed by atoms with E-state index in [1.54, 1.807) is 23.9 Å². The minimum Gasteiger partial charge on any atom is -0.507 e. The number of halogens is 1. The number of hydrogen-bond acceptors (Lipinski definition) is 2. The van der Waals surface area contributed by atoms with Gasteiger partial charge in [-0.2, -0.15) is 0 Å². The maximum Gasteiger partial charge on any atom is 0.130 e. The number of phenolic OH excluding ortho intramolecular Hbond substituents is 1. The predicted molar refractivity (Wildman–Crippen MR) is 54.1 cm³/mol. The Morgan fingerprint density at radius 2 is 2.25 bits per heavy atom. The van der Waals surface area contributed by atoms with Crippen LogP contribution >= 0.6 is 23.4 Å². The van der Waals surface area contributed by atoms with Crippen molar-refractivity contribution in [2.75, 3.05) is 5.75 Å². The minimum absolute atomic E-state index is 0.279. The van der Waals surface area contributed by atoms with Crippen LogP contribution in [0, 0.1) is 0 Å². The summed E-state index contributed by atoms with van der Waals surface area (Å²) in [7, 11) is 0. The molecule has 0 spiro atoms. The van der Waals surface area contributed by atoms with Crippen molar-refractivity contribution < 1.29 is 5.11 Å². The molecule has 0 saturated carbocycles. The molecule has 0 fully saturated rings. The Labute approximate surface area is 81.7 Å². The summed E-state index contributed by atoms with van der Waals surface area (Å²) in [5, 5.41) is 9.99. The highest BCUT2D eigenvalue weighted by Gasteiger charge is 2.00. The van der Waals surface area contributed by atoms with Crippen molar-refractivity contribution >= 4 is 23.4 Å². The monoisotopic (exact) mass is 202 g/mol. The van der Waals surface area contributed by atoms with E-state index in [1.807, 2.05) is 6.07 Å². The first-order valence-electron chi connectivity index (χ1n) is 3.85. The van der Waals surface area contributed by atoms with Crippen LogP contribution in [0.25, 0.3) is 0 Å². The zero-order valence-corrected chi connectivity index (χ0v) is 8.45. The Morgan fingerprint density at radius 1 is 1.50 bits per heavy atom. The van der Waals surface area contributed by atoms with Gasteiger partial charge in [0.25, 0.3) is 0 Å². The van der Waals surface area contributed by atoms with Gasteiger partial charge in [-0.3, -0.25) is 0 Å². The molecule has 66 valence electrons. The standard InChI is InChI=1S/C9H11ClOS/c1-2-5-12-9-4-3-7(10)6-8(9)11/h3-4,6,11H,2,5H2,1H3. The molecule has 0 bridgehead atoms. The molecule has 0 aliphatic carbocycles. The van der Waals surface area contributed by atoms with Crippen LogP contribution < -0.4 is 0 Å². The molecular formula is C9H11ClOS. The first-order valence-corrected chi connectivity index (χ1v) is 5.21. The van der Waals surface area contributed by atoms with E-state index >= 15 is 0 Å². The number of rotatable bonds is 3. The second kappa shape index (κ2) is 4.63. The first kappa shape index (κ1) is 9.75. The first-order chi connectivity index (χ1) is 5.74. The fourth-order valence-electron chi connectivity index (χ4n) is 0.825. The molecule has 0 aromatic heterocycles. The molecule has 0 unspecified atom stereocenters. The molecule has 0 amide bonds. The van der Waals surface area contributed by atoms with Crippen LogP contribution in [0.3, 0.4) is 0 Å². The maximum atomic E-state index is 9.41. The van der Waals surface area contributed by atoms with E-state index in [0.29, 0.717) is 5.02 Å². The zero-order valence-electron chi connectivity index (χ0n) is 6.88. The van der Waals surface area contributed by atoms with Crippen LogP contribution in [0.5, 0.6) is 5.75 Å². The highest BCUT2D eigenvalue weighted by molar-refractivity contribution is 7.99. The normalized spacial score (nSPS) is 10.2. The van der Waals surface area contributed by atoms with E-state index in [4.69, 9.17) is 11.6 Å². The van der Waals surface area contributed by atoms with Gasteiger partial charge in [-0.05, 0) is 30.4 Å². The Hall–Kier alpha value is -0.340. The molecule has 1 aromatic carbocycles. The van der Waals surface area contributed by atoms with Crippen molar-refractivity contribution in [1.82, 2.24) is 0 Å². The lowest BCUT2D eigenvalue weighted by Crippen LogP contribution is -1.77. The van der Waals surface area contributed by atoms with Crippen molar-refractivity contribution in [2.24, 2.45) is 0 Å². The average Bonchev–Trinajstić information content (AvgIpc) is 2.03. The molecule has 1 rings (SSSR count). The Balaban J connectivity index is 2.72. The van der Waals surface area contributed by atoms with Crippen molar-refractivity contribution in [3.63, 3.8) is 0 Å². The molecule has 0 atom stereocenters. The third-order valence-corrected chi connectivity index (χ3v) is 2.89. The summed E-state index contributed by atoms with van der Waals surface area (Å²) in [6, 6.07) is 5.21. The third kappa shape index (κ3) is 2.61. The smallest absolute Gasteiger partial charge is 0.130 e. The summed E-state index contributed by atoms with van der Waals surface area (Å²) in [5.41, 5.74) is 0. The summed E-state index contributed by atoms with van der Waals surface area (Å²) in [6.07, 6.45) is 1.10. The van der Waals surface area contributed by atoms with Crippen molar-refractivity contribution in [3.05, 3.63) is 23.2 Å². The highest BCUT2D eigenvalue weighted by atomic mass is 35.5. The quantitative estimate of drug-likeness (QED) is 0.757. The minimum atomic E-state index is 0.279. The summed E-state index contributed by atoms with van der Waals surface area (Å²) in [6.45, 7) is 2.11. The van der Waals surface area contributed by atoms with Gasteiger partial charge in [0.1, 0.15) is 5.75 Å². The summed E-state index contributed by atoms with van der Waals surface area (Å²) in [5.74, 6) is 1.30. The van der Waals surface area contributed by atoms with Crippen molar-refractivity contribution in [1.29, 1.82) is 0 Å². The Bertz CT molecular complexity index is 263. The Kier molecular flexibility index (Phi) is 3.76. The molecule has 0 radical (unpaired) electrons. The molecular weight excluding hydrogens is 192 g/mol. The lowest BCUT2D eigenvalue weighted by Gasteiger charge is -2.02.